The molecule has 0 radical (unpaired) electrons. The third-order valence-electron chi connectivity index (χ3n) is 5.05. The number of halogens is 9. The quantitative estimate of drug-likeness (QED) is 0.222. The first-order valence-electron chi connectivity index (χ1n) is 11.6. The molecule has 1 aliphatic heterocycles. The molecule has 0 unspecified atom stereocenters. The van der Waals surface area contributed by atoms with E-state index in [-0.39, 0.29) is 18.2 Å². The molecule has 0 aliphatic carbocycles. The standard InChI is InChI=1S/C24H21F9O9/c25-22(26,27)16-7-1-13(34)4-10-19(37)41-17(23(28,29)30)8-2-15(36)6-12-21(39)42-18(24(31,32)33)9-3-14(35)5-11-20(38)40-16/h4-6,10-12,16-18H,1-3,7-9H2/b10-4+,11-5+,12-6+/t16-,17-,18-/m0/s1. The van der Waals surface area contributed by atoms with Crippen LogP contribution in [-0.2, 0) is 43.0 Å². The van der Waals surface area contributed by atoms with Gasteiger partial charge in [0.15, 0.2) is 35.7 Å². The van der Waals surface area contributed by atoms with E-state index in [1.807, 2.05) is 0 Å². The maximum atomic E-state index is 13.2. The normalized spacial score (nSPS) is 26.4. The Hall–Kier alpha value is -3.99. The second kappa shape index (κ2) is 15.3. The number of ketones is 3. The topological polar surface area (TPSA) is 130 Å². The van der Waals surface area contributed by atoms with Crippen LogP contribution in [0.2, 0.25) is 0 Å². The molecular weight excluding hydrogens is 603 g/mol. The zero-order valence-corrected chi connectivity index (χ0v) is 21.0. The van der Waals surface area contributed by atoms with E-state index in [1.54, 1.807) is 0 Å². The summed E-state index contributed by atoms with van der Waals surface area (Å²) in [6, 6.07) is 0. The predicted molar refractivity (Wildman–Crippen MR) is 118 cm³/mol. The van der Waals surface area contributed by atoms with Gasteiger partial charge >= 0.3 is 36.4 Å². The Kier molecular flexibility index (Phi) is 13.1. The van der Waals surface area contributed by atoms with E-state index in [0.717, 1.165) is 0 Å². The van der Waals surface area contributed by atoms with E-state index in [4.69, 9.17) is 0 Å². The molecule has 18 heteroatoms. The molecule has 0 spiro atoms. The Balaban J connectivity index is 3.25. The number of rotatable bonds is 0. The molecule has 234 valence electrons. The molecule has 0 saturated heterocycles. The zero-order chi connectivity index (χ0) is 32.3. The van der Waals surface area contributed by atoms with Crippen molar-refractivity contribution in [3.05, 3.63) is 36.5 Å². The summed E-state index contributed by atoms with van der Waals surface area (Å²) in [4.78, 5) is 70.7. The highest BCUT2D eigenvalue weighted by Crippen LogP contribution is 2.29. The van der Waals surface area contributed by atoms with E-state index in [0.29, 0.717) is 18.2 Å². The van der Waals surface area contributed by atoms with Crippen molar-refractivity contribution in [2.75, 3.05) is 0 Å². The molecule has 0 fully saturated rings. The van der Waals surface area contributed by atoms with Gasteiger partial charge in [-0.05, 0) is 18.2 Å². The first-order chi connectivity index (χ1) is 19.2. The number of allylic oxidation sites excluding steroid dienone is 3. The molecule has 0 bridgehead atoms. The highest BCUT2D eigenvalue weighted by atomic mass is 19.4. The van der Waals surface area contributed by atoms with Crippen LogP contribution in [0.1, 0.15) is 38.5 Å². The predicted octanol–water partition coefficient (Wildman–Crippen LogP) is 4.14. The minimum atomic E-state index is -5.24. The van der Waals surface area contributed by atoms with Crippen molar-refractivity contribution < 1.29 is 82.5 Å². The van der Waals surface area contributed by atoms with Gasteiger partial charge in [-0.1, -0.05) is 0 Å². The number of carbonyl (C=O) groups excluding carboxylic acids is 6. The molecule has 0 aromatic heterocycles. The molecule has 1 rings (SSSR count). The van der Waals surface area contributed by atoms with Crippen molar-refractivity contribution in [2.24, 2.45) is 0 Å². The summed E-state index contributed by atoms with van der Waals surface area (Å²) < 4.78 is 131. The van der Waals surface area contributed by atoms with Gasteiger partial charge in [0, 0.05) is 56.8 Å². The minimum absolute atomic E-state index is 0.178. The summed E-state index contributed by atoms with van der Waals surface area (Å²) in [7, 11) is 0. The van der Waals surface area contributed by atoms with Crippen LogP contribution >= 0.6 is 0 Å². The van der Waals surface area contributed by atoms with Crippen LogP contribution in [0.25, 0.3) is 0 Å². The second-order valence-electron chi connectivity index (χ2n) is 8.42. The molecule has 0 aromatic carbocycles. The van der Waals surface area contributed by atoms with Gasteiger partial charge in [0.1, 0.15) is 0 Å². The van der Waals surface area contributed by atoms with Gasteiger partial charge in [-0.15, -0.1) is 0 Å². The monoisotopic (exact) mass is 624 g/mol. The fourth-order valence-electron chi connectivity index (χ4n) is 2.96. The number of esters is 3. The van der Waals surface area contributed by atoms with Gasteiger partial charge in [-0.25, -0.2) is 14.4 Å². The number of hydrogen-bond acceptors (Lipinski definition) is 9. The fraction of sp³-hybridized carbons (Fsp3) is 0.500. The lowest BCUT2D eigenvalue weighted by molar-refractivity contribution is -0.220. The van der Waals surface area contributed by atoms with E-state index >= 15 is 0 Å². The molecule has 1 aliphatic rings. The number of cyclic esters (lactones) is 3. The highest BCUT2D eigenvalue weighted by molar-refractivity contribution is 5.97. The van der Waals surface area contributed by atoms with Crippen LogP contribution in [0.3, 0.4) is 0 Å². The third kappa shape index (κ3) is 14.1. The van der Waals surface area contributed by atoms with Gasteiger partial charge in [0.25, 0.3) is 0 Å². The molecule has 1 heterocycles. The maximum Gasteiger partial charge on any atom is 0.425 e. The first kappa shape index (κ1) is 36.0. The van der Waals surface area contributed by atoms with Crippen molar-refractivity contribution in [2.45, 2.75) is 75.4 Å². The zero-order valence-electron chi connectivity index (χ0n) is 21.0. The lowest BCUT2D eigenvalue weighted by Crippen LogP contribution is -2.34. The van der Waals surface area contributed by atoms with Gasteiger partial charge in [0.2, 0.25) is 0 Å². The molecule has 3 atom stereocenters. The average Bonchev–Trinajstić information content (AvgIpc) is 2.84. The number of alkyl halides is 9. The first-order valence-corrected chi connectivity index (χ1v) is 11.6. The smallest absolute Gasteiger partial charge is 0.425 e. The molecular formula is C24H21F9O9. The lowest BCUT2D eigenvalue weighted by Gasteiger charge is -2.20. The summed E-state index contributed by atoms with van der Waals surface area (Å²) in [5, 5.41) is 0. The van der Waals surface area contributed by atoms with E-state index in [9.17, 15) is 68.3 Å². The van der Waals surface area contributed by atoms with E-state index in [1.165, 1.54) is 0 Å². The van der Waals surface area contributed by atoms with Gasteiger partial charge in [0.05, 0.1) is 0 Å². The highest BCUT2D eigenvalue weighted by Gasteiger charge is 2.44. The van der Waals surface area contributed by atoms with Crippen LogP contribution in [0, 0.1) is 0 Å². The Morgan fingerprint density at radius 1 is 0.429 bits per heavy atom. The molecule has 0 saturated carbocycles. The van der Waals surface area contributed by atoms with Crippen molar-refractivity contribution in [3.63, 3.8) is 0 Å². The summed E-state index contributed by atoms with van der Waals surface area (Å²) in [5.41, 5.74) is 0. The minimum Gasteiger partial charge on any atom is -0.450 e. The van der Waals surface area contributed by atoms with Gasteiger partial charge in [-0.2, -0.15) is 39.5 Å². The Morgan fingerprint density at radius 3 is 0.833 bits per heavy atom. The van der Waals surface area contributed by atoms with Crippen LogP contribution in [0.15, 0.2) is 36.5 Å². The van der Waals surface area contributed by atoms with Crippen molar-refractivity contribution in [1.29, 1.82) is 0 Å². The largest absolute Gasteiger partial charge is 0.450 e. The molecule has 0 amide bonds. The SMILES string of the molecule is O=C1/C=C/C(=O)O[C@H](C(F)(F)F)CCC(=O)/C=C/C(=O)O[C@H](C(F)(F)F)CCC(=O)/C=C/C(=O)O[C@H](C(F)(F)F)CC1. The molecule has 0 aromatic rings. The Morgan fingerprint density at radius 2 is 0.643 bits per heavy atom. The van der Waals surface area contributed by atoms with E-state index < -0.39 is 111 Å². The van der Waals surface area contributed by atoms with Gasteiger partial charge < -0.3 is 14.2 Å². The van der Waals surface area contributed by atoms with E-state index in [2.05, 4.69) is 14.2 Å². The maximum absolute atomic E-state index is 13.2. The Bertz CT molecular complexity index is 978. The number of hydrogen-bond donors (Lipinski definition) is 0. The lowest BCUT2D eigenvalue weighted by atomic mass is 10.1. The molecule has 42 heavy (non-hydrogen) atoms. The van der Waals surface area contributed by atoms with Crippen LogP contribution < -0.4 is 0 Å². The number of carbonyl (C=O) groups is 6. The number of ether oxygens (including phenoxy) is 3. The van der Waals surface area contributed by atoms with Crippen molar-refractivity contribution in [1.82, 2.24) is 0 Å². The summed E-state index contributed by atoms with van der Waals surface area (Å²) in [6.45, 7) is 0. The summed E-state index contributed by atoms with van der Waals surface area (Å²) >= 11 is 0. The van der Waals surface area contributed by atoms with Crippen LogP contribution in [0.5, 0.6) is 0 Å². The molecule has 0 N–H and O–H groups in total. The summed E-state index contributed by atoms with van der Waals surface area (Å²) in [5.74, 6) is -8.94. The Labute approximate surface area is 230 Å². The fourth-order valence-corrected chi connectivity index (χ4v) is 2.96. The third-order valence-corrected chi connectivity index (χ3v) is 5.05. The average molecular weight is 624 g/mol. The van der Waals surface area contributed by atoms with Crippen LogP contribution in [-0.4, -0.2) is 72.1 Å². The molecule has 9 nitrogen and oxygen atoms in total. The van der Waals surface area contributed by atoms with Crippen molar-refractivity contribution >= 4 is 35.3 Å². The van der Waals surface area contributed by atoms with Crippen molar-refractivity contribution in [3.8, 4) is 0 Å². The van der Waals surface area contributed by atoms with Gasteiger partial charge in [-0.3, -0.25) is 14.4 Å². The second-order valence-corrected chi connectivity index (χ2v) is 8.42. The summed E-state index contributed by atoms with van der Waals surface area (Å²) in [6.07, 6.45) is -29.7. The van der Waals surface area contributed by atoms with Crippen LogP contribution in [0.4, 0.5) is 39.5 Å².